The van der Waals surface area contributed by atoms with Gasteiger partial charge >= 0.3 is 0 Å². The Morgan fingerprint density at radius 3 is 2.70 bits per heavy atom. The van der Waals surface area contributed by atoms with Crippen molar-refractivity contribution in [2.24, 2.45) is 0 Å². The molecule has 0 spiro atoms. The number of hydrogen-bond acceptors (Lipinski definition) is 5. The van der Waals surface area contributed by atoms with E-state index in [1.807, 2.05) is 6.92 Å². The predicted molar refractivity (Wildman–Crippen MR) is 90.9 cm³/mol. The van der Waals surface area contributed by atoms with Crippen molar-refractivity contribution in [1.82, 2.24) is 20.1 Å². The highest BCUT2D eigenvalue weighted by Crippen LogP contribution is 2.07. The largest absolute Gasteiger partial charge is 0.478 e. The molecule has 1 amide bonds. The van der Waals surface area contributed by atoms with Crippen LogP contribution in [0.5, 0.6) is 5.88 Å². The molecule has 0 aromatic carbocycles. The molecule has 2 rings (SSSR count). The molecule has 1 N–H and O–H groups in total. The Balaban J connectivity index is 1.59. The lowest BCUT2D eigenvalue weighted by atomic mass is 10.2. The van der Waals surface area contributed by atoms with Gasteiger partial charge in [0, 0.05) is 45.0 Å². The lowest BCUT2D eigenvalue weighted by Crippen LogP contribution is -2.44. The van der Waals surface area contributed by atoms with E-state index in [2.05, 4.69) is 27.1 Å². The van der Waals surface area contributed by atoms with E-state index in [1.165, 1.54) is 0 Å². The topological polar surface area (TPSA) is 57.7 Å². The zero-order chi connectivity index (χ0) is 16.5. The highest BCUT2D eigenvalue weighted by atomic mass is 16.5. The third-order valence-electron chi connectivity index (χ3n) is 4.07. The smallest absolute Gasteiger partial charge is 0.252 e. The summed E-state index contributed by atoms with van der Waals surface area (Å²) in [4.78, 5) is 21.0. The number of unbranched alkanes of at least 4 members (excludes halogenated alkanes) is 1. The Kier molecular flexibility index (Phi) is 7.29. The highest BCUT2D eigenvalue weighted by molar-refractivity contribution is 5.93. The van der Waals surface area contributed by atoms with Crippen molar-refractivity contribution in [2.75, 3.05) is 52.9 Å². The Morgan fingerprint density at radius 2 is 2.04 bits per heavy atom. The second kappa shape index (κ2) is 9.47. The summed E-state index contributed by atoms with van der Waals surface area (Å²) in [7, 11) is 2.17. The van der Waals surface area contributed by atoms with Crippen LogP contribution in [0.4, 0.5) is 0 Å². The predicted octanol–water partition coefficient (Wildman–Crippen LogP) is 1.24. The molecule has 1 saturated heterocycles. The van der Waals surface area contributed by atoms with E-state index < -0.39 is 0 Å². The fourth-order valence-corrected chi connectivity index (χ4v) is 2.58. The number of rotatable bonds is 8. The molecular formula is C17H28N4O2. The maximum absolute atomic E-state index is 12.0. The molecular weight excluding hydrogens is 292 g/mol. The number of aromatic nitrogens is 1. The van der Waals surface area contributed by atoms with E-state index in [4.69, 9.17) is 4.74 Å². The summed E-state index contributed by atoms with van der Waals surface area (Å²) in [6.45, 7) is 8.93. The first-order chi connectivity index (χ1) is 11.2. The van der Waals surface area contributed by atoms with Gasteiger partial charge in [-0.1, -0.05) is 0 Å². The van der Waals surface area contributed by atoms with E-state index in [9.17, 15) is 4.79 Å². The minimum Gasteiger partial charge on any atom is -0.478 e. The van der Waals surface area contributed by atoms with Gasteiger partial charge in [0.15, 0.2) is 0 Å². The summed E-state index contributed by atoms with van der Waals surface area (Å²) >= 11 is 0. The van der Waals surface area contributed by atoms with E-state index in [0.717, 1.165) is 45.6 Å². The van der Waals surface area contributed by atoms with Crippen molar-refractivity contribution in [3.8, 4) is 5.88 Å². The summed E-state index contributed by atoms with van der Waals surface area (Å²) in [5.74, 6) is 0.483. The van der Waals surface area contributed by atoms with Crippen LogP contribution in [0.2, 0.25) is 0 Å². The van der Waals surface area contributed by atoms with Gasteiger partial charge in [0.05, 0.1) is 12.2 Å². The summed E-state index contributed by atoms with van der Waals surface area (Å²) in [5, 5.41) is 2.95. The van der Waals surface area contributed by atoms with Crippen LogP contribution in [0.3, 0.4) is 0 Å². The molecule has 6 heteroatoms. The van der Waals surface area contributed by atoms with Crippen LogP contribution in [0, 0.1) is 0 Å². The second-order valence-corrected chi connectivity index (χ2v) is 5.93. The summed E-state index contributed by atoms with van der Waals surface area (Å²) in [5.41, 5.74) is 0.576. The van der Waals surface area contributed by atoms with Gasteiger partial charge in [-0.15, -0.1) is 0 Å². The second-order valence-electron chi connectivity index (χ2n) is 5.93. The third kappa shape index (κ3) is 6.15. The number of piperazine rings is 1. The zero-order valence-electron chi connectivity index (χ0n) is 14.3. The van der Waals surface area contributed by atoms with E-state index in [0.29, 0.717) is 24.6 Å². The molecule has 1 fully saturated rings. The van der Waals surface area contributed by atoms with Gasteiger partial charge in [0.2, 0.25) is 5.88 Å². The Bertz CT molecular complexity index is 470. The first-order valence-corrected chi connectivity index (χ1v) is 8.47. The number of likely N-dealkylation sites (N-methyl/N-ethyl adjacent to an activating group) is 1. The van der Waals surface area contributed by atoms with Gasteiger partial charge < -0.3 is 19.9 Å². The molecule has 2 heterocycles. The van der Waals surface area contributed by atoms with Crippen LogP contribution in [0.25, 0.3) is 0 Å². The van der Waals surface area contributed by atoms with Gasteiger partial charge in [-0.3, -0.25) is 4.79 Å². The van der Waals surface area contributed by atoms with Crippen LogP contribution in [-0.4, -0.2) is 73.6 Å². The third-order valence-corrected chi connectivity index (χ3v) is 4.07. The number of pyridine rings is 1. The quantitative estimate of drug-likeness (QED) is 0.730. The average molecular weight is 320 g/mol. The molecule has 1 aliphatic rings. The van der Waals surface area contributed by atoms with Crippen molar-refractivity contribution in [2.45, 2.75) is 19.8 Å². The molecule has 0 saturated carbocycles. The summed E-state index contributed by atoms with van der Waals surface area (Å²) in [6, 6.07) is 3.48. The van der Waals surface area contributed by atoms with E-state index in [1.54, 1.807) is 18.3 Å². The van der Waals surface area contributed by atoms with Crippen LogP contribution >= 0.6 is 0 Å². The maximum Gasteiger partial charge on any atom is 0.252 e. The molecule has 0 unspecified atom stereocenters. The molecule has 6 nitrogen and oxygen atoms in total. The lowest BCUT2D eigenvalue weighted by molar-refractivity contribution is 0.0951. The average Bonchev–Trinajstić information content (AvgIpc) is 2.57. The number of nitrogens with zero attached hydrogens (tertiary/aromatic N) is 3. The van der Waals surface area contributed by atoms with Gasteiger partial charge in [0.25, 0.3) is 5.91 Å². The Morgan fingerprint density at radius 1 is 1.26 bits per heavy atom. The van der Waals surface area contributed by atoms with Crippen molar-refractivity contribution in [3.05, 3.63) is 23.9 Å². The summed E-state index contributed by atoms with van der Waals surface area (Å²) < 4.78 is 5.27. The van der Waals surface area contributed by atoms with E-state index in [-0.39, 0.29) is 5.91 Å². The Labute approximate surface area is 138 Å². The van der Waals surface area contributed by atoms with Crippen molar-refractivity contribution < 1.29 is 9.53 Å². The number of carbonyl (C=O) groups is 1. The minimum atomic E-state index is -0.0693. The fourth-order valence-electron chi connectivity index (χ4n) is 2.58. The standard InChI is InChI=1S/C17H28N4O2/c1-3-23-16-7-6-15(14-19-16)17(22)18-8-4-5-9-21-12-10-20(2)11-13-21/h6-7,14H,3-5,8-13H2,1-2H3,(H,18,22). The highest BCUT2D eigenvalue weighted by Gasteiger charge is 2.12. The zero-order valence-corrected chi connectivity index (χ0v) is 14.3. The van der Waals surface area contributed by atoms with Crippen LogP contribution < -0.4 is 10.1 Å². The molecule has 0 radical (unpaired) electrons. The molecule has 128 valence electrons. The van der Waals surface area contributed by atoms with Crippen LogP contribution in [0.1, 0.15) is 30.1 Å². The number of amides is 1. The molecule has 1 aromatic rings. The molecule has 1 aromatic heterocycles. The number of carbonyl (C=O) groups excluding carboxylic acids is 1. The molecule has 0 bridgehead atoms. The maximum atomic E-state index is 12.0. The summed E-state index contributed by atoms with van der Waals surface area (Å²) in [6.07, 6.45) is 3.68. The monoisotopic (exact) mass is 320 g/mol. The normalized spacial score (nSPS) is 16.3. The van der Waals surface area contributed by atoms with Gasteiger partial charge in [-0.2, -0.15) is 0 Å². The van der Waals surface area contributed by atoms with Crippen molar-refractivity contribution in [3.63, 3.8) is 0 Å². The SMILES string of the molecule is CCOc1ccc(C(=O)NCCCCN2CCN(C)CC2)cn1. The Hall–Kier alpha value is -1.66. The van der Waals surface area contributed by atoms with Gasteiger partial charge in [0.1, 0.15) is 0 Å². The number of nitrogens with one attached hydrogen (secondary N) is 1. The molecule has 0 aliphatic carbocycles. The first kappa shape index (κ1) is 17.7. The van der Waals surface area contributed by atoms with Crippen LogP contribution in [-0.2, 0) is 0 Å². The fraction of sp³-hybridized carbons (Fsp3) is 0.647. The van der Waals surface area contributed by atoms with Gasteiger partial charge in [-0.25, -0.2) is 4.98 Å². The lowest BCUT2D eigenvalue weighted by Gasteiger charge is -2.32. The molecule has 0 atom stereocenters. The van der Waals surface area contributed by atoms with Crippen molar-refractivity contribution >= 4 is 5.91 Å². The minimum absolute atomic E-state index is 0.0693. The molecule has 23 heavy (non-hydrogen) atoms. The number of hydrogen-bond donors (Lipinski definition) is 1. The van der Waals surface area contributed by atoms with Gasteiger partial charge in [-0.05, 0) is 39.4 Å². The van der Waals surface area contributed by atoms with Crippen molar-refractivity contribution in [1.29, 1.82) is 0 Å². The first-order valence-electron chi connectivity index (χ1n) is 8.47. The van der Waals surface area contributed by atoms with Crippen LogP contribution in [0.15, 0.2) is 18.3 Å². The van der Waals surface area contributed by atoms with E-state index >= 15 is 0 Å². The molecule has 1 aliphatic heterocycles. The number of ether oxygens (including phenoxy) is 1.